The molecule has 148 valence electrons. The summed E-state index contributed by atoms with van der Waals surface area (Å²) in [5, 5.41) is 8.40. The van der Waals surface area contributed by atoms with Crippen molar-refractivity contribution >= 4 is 34.4 Å². The summed E-state index contributed by atoms with van der Waals surface area (Å²) in [6.07, 6.45) is 5.51. The Kier molecular flexibility index (Phi) is 5.28. The fraction of sp³-hybridized carbons (Fsp3) is 0.400. The van der Waals surface area contributed by atoms with Crippen LogP contribution < -0.4 is 21.5 Å². The van der Waals surface area contributed by atoms with E-state index in [2.05, 4.69) is 15.4 Å². The van der Waals surface area contributed by atoms with Gasteiger partial charge in [-0.1, -0.05) is 11.6 Å². The van der Waals surface area contributed by atoms with Crippen LogP contribution in [0.4, 0.5) is 17.2 Å². The van der Waals surface area contributed by atoms with E-state index in [0.717, 1.165) is 48.4 Å². The van der Waals surface area contributed by atoms with Gasteiger partial charge < -0.3 is 21.5 Å². The van der Waals surface area contributed by atoms with Gasteiger partial charge in [0.05, 0.1) is 18.5 Å². The van der Waals surface area contributed by atoms with Crippen LogP contribution in [0.15, 0.2) is 30.5 Å². The SMILES string of the molecule is CCOc1ccc(Nc2c(C3CCC(N)CC3)c(N)nn3c(Cl)cnc23)cc1. The highest BCUT2D eigenvalue weighted by Gasteiger charge is 2.27. The van der Waals surface area contributed by atoms with E-state index in [-0.39, 0.29) is 12.0 Å². The molecule has 1 aromatic carbocycles. The Bertz CT molecular complexity index is 963. The lowest BCUT2D eigenvalue weighted by molar-refractivity contribution is 0.340. The maximum Gasteiger partial charge on any atom is 0.179 e. The molecule has 1 aliphatic carbocycles. The smallest absolute Gasteiger partial charge is 0.179 e. The van der Waals surface area contributed by atoms with Crippen LogP contribution in [-0.4, -0.2) is 27.2 Å². The number of hydrogen-bond donors (Lipinski definition) is 3. The molecule has 5 N–H and O–H groups in total. The fourth-order valence-corrected chi connectivity index (χ4v) is 4.06. The number of nitrogen functional groups attached to an aromatic ring is 1. The van der Waals surface area contributed by atoms with E-state index in [9.17, 15) is 0 Å². The largest absolute Gasteiger partial charge is 0.494 e. The van der Waals surface area contributed by atoms with Crippen LogP contribution in [0.2, 0.25) is 5.15 Å². The fourth-order valence-electron chi connectivity index (χ4n) is 3.89. The summed E-state index contributed by atoms with van der Waals surface area (Å²) in [6.45, 7) is 2.60. The molecule has 0 aliphatic heterocycles. The van der Waals surface area contributed by atoms with Crippen LogP contribution >= 0.6 is 11.6 Å². The number of hydrogen-bond acceptors (Lipinski definition) is 6. The van der Waals surface area contributed by atoms with Crippen molar-refractivity contribution in [1.82, 2.24) is 14.6 Å². The third-order valence-electron chi connectivity index (χ3n) is 5.29. The highest BCUT2D eigenvalue weighted by Crippen LogP contribution is 2.41. The van der Waals surface area contributed by atoms with E-state index in [1.807, 2.05) is 31.2 Å². The van der Waals surface area contributed by atoms with Gasteiger partial charge in [-0.05, 0) is 62.8 Å². The summed E-state index contributed by atoms with van der Waals surface area (Å²) in [6, 6.07) is 8.08. The quantitative estimate of drug-likeness (QED) is 0.595. The number of nitrogens with zero attached hydrogens (tertiary/aromatic N) is 3. The van der Waals surface area contributed by atoms with E-state index < -0.39 is 0 Å². The second-order valence-corrected chi connectivity index (χ2v) is 7.57. The van der Waals surface area contributed by atoms with E-state index in [1.165, 1.54) is 0 Å². The minimum atomic E-state index is 0.262. The van der Waals surface area contributed by atoms with Crippen LogP contribution in [0.5, 0.6) is 5.75 Å². The van der Waals surface area contributed by atoms with Crippen LogP contribution in [0, 0.1) is 0 Å². The highest BCUT2D eigenvalue weighted by atomic mass is 35.5. The monoisotopic (exact) mass is 400 g/mol. The van der Waals surface area contributed by atoms with E-state index >= 15 is 0 Å². The number of rotatable bonds is 5. The first kappa shape index (κ1) is 18.8. The summed E-state index contributed by atoms with van der Waals surface area (Å²) >= 11 is 6.25. The van der Waals surface area contributed by atoms with Gasteiger partial charge in [0.15, 0.2) is 10.8 Å². The average molecular weight is 401 g/mol. The zero-order valence-corrected chi connectivity index (χ0v) is 16.6. The van der Waals surface area contributed by atoms with Crippen LogP contribution in [0.3, 0.4) is 0 Å². The zero-order chi connectivity index (χ0) is 19.7. The average Bonchev–Trinajstić information content (AvgIpc) is 3.05. The maximum atomic E-state index is 6.39. The molecule has 0 unspecified atom stereocenters. The molecule has 0 amide bonds. The Hall–Kier alpha value is -2.51. The summed E-state index contributed by atoms with van der Waals surface area (Å²) in [4.78, 5) is 4.47. The summed E-state index contributed by atoms with van der Waals surface area (Å²) in [7, 11) is 0. The predicted octanol–water partition coefficient (Wildman–Crippen LogP) is 4.09. The number of nitrogens with one attached hydrogen (secondary N) is 1. The number of ether oxygens (including phenoxy) is 1. The number of halogens is 1. The zero-order valence-electron chi connectivity index (χ0n) is 15.9. The standard InChI is InChI=1S/C20H25ClN6O/c1-2-28-15-9-7-14(8-10-15)25-18-17(12-3-5-13(22)6-4-12)19(23)26-27-16(21)11-24-20(18)27/h7-13,25H,2-6,22H2,1H3,(H2,23,26). The molecule has 1 aliphatic rings. The lowest BCUT2D eigenvalue weighted by Crippen LogP contribution is -2.26. The first-order valence-corrected chi connectivity index (χ1v) is 10.0. The third kappa shape index (κ3) is 3.59. The maximum absolute atomic E-state index is 6.39. The molecule has 1 saturated carbocycles. The number of benzene rings is 1. The Balaban J connectivity index is 1.76. The summed E-state index contributed by atoms with van der Waals surface area (Å²) in [5.41, 5.74) is 15.9. The van der Waals surface area contributed by atoms with Gasteiger partial charge in [-0.3, -0.25) is 0 Å². The topological polar surface area (TPSA) is 103 Å². The van der Waals surface area contributed by atoms with Gasteiger partial charge >= 0.3 is 0 Å². The molecule has 0 atom stereocenters. The normalized spacial score (nSPS) is 19.7. The molecule has 8 heteroatoms. The third-order valence-corrected chi connectivity index (χ3v) is 5.55. The van der Waals surface area contributed by atoms with Crippen molar-refractivity contribution in [2.45, 2.75) is 44.6 Å². The molecule has 2 heterocycles. The predicted molar refractivity (Wildman–Crippen MR) is 112 cm³/mol. The minimum absolute atomic E-state index is 0.262. The van der Waals surface area contributed by atoms with E-state index in [1.54, 1.807) is 10.7 Å². The van der Waals surface area contributed by atoms with Gasteiger partial charge in [-0.15, -0.1) is 5.10 Å². The molecule has 0 bridgehead atoms. The molecule has 4 rings (SSSR count). The van der Waals surface area contributed by atoms with Gasteiger partial charge in [-0.2, -0.15) is 4.52 Å². The minimum Gasteiger partial charge on any atom is -0.494 e. The van der Waals surface area contributed by atoms with Crippen molar-refractivity contribution in [3.63, 3.8) is 0 Å². The van der Waals surface area contributed by atoms with Crippen molar-refractivity contribution in [2.75, 3.05) is 17.7 Å². The second-order valence-electron chi connectivity index (χ2n) is 7.18. The number of imidazole rings is 1. The van der Waals surface area contributed by atoms with Crippen LogP contribution in [-0.2, 0) is 0 Å². The van der Waals surface area contributed by atoms with Crippen LogP contribution in [0.1, 0.15) is 44.1 Å². The first-order chi connectivity index (χ1) is 13.6. The highest BCUT2D eigenvalue weighted by molar-refractivity contribution is 6.29. The summed E-state index contributed by atoms with van der Waals surface area (Å²) in [5.74, 6) is 1.59. The molecule has 28 heavy (non-hydrogen) atoms. The number of anilines is 3. The Labute approximate surface area is 169 Å². The molecule has 0 spiro atoms. The van der Waals surface area contributed by atoms with Crippen molar-refractivity contribution < 1.29 is 4.74 Å². The van der Waals surface area contributed by atoms with E-state index in [4.69, 9.17) is 27.8 Å². The molecular weight excluding hydrogens is 376 g/mol. The molecule has 0 radical (unpaired) electrons. The van der Waals surface area contributed by atoms with Crippen molar-refractivity contribution in [2.24, 2.45) is 5.73 Å². The molecule has 0 saturated heterocycles. The molecule has 2 aromatic heterocycles. The number of fused-ring (bicyclic) bond motifs is 1. The van der Waals surface area contributed by atoms with Crippen molar-refractivity contribution in [3.05, 3.63) is 41.2 Å². The second kappa shape index (κ2) is 7.85. The van der Waals surface area contributed by atoms with Crippen molar-refractivity contribution in [1.29, 1.82) is 0 Å². The summed E-state index contributed by atoms with van der Waals surface area (Å²) < 4.78 is 7.10. The Morgan fingerprint density at radius 1 is 1.21 bits per heavy atom. The van der Waals surface area contributed by atoms with Gasteiger partial charge in [-0.25, -0.2) is 4.98 Å². The molecule has 3 aromatic rings. The Morgan fingerprint density at radius 2 is 1.93 bits per heavy atom. The molecular formula is C20H25ClN6O. The van der Waals surface area contributed by atoms with Crippen LogP contribution in [0.25, 0.3) is 5.65 Å². The van der Waals surface area contributed by atoms with Gasteiger partial charge in [0.2, 0.25) is 0 Å². The number of aromatic nitrogens is 3. The Morgan fingerprint density at radius 3 is 2.61 bits per heavy atom. The van der Waals surface area contributed by atoms with Gasteiger partial charge in [0.25, 0.3) is 0 Å². The first-order valence-electron chi connectivity index (χ1n) is 9.65. The lowest BCUT2D eigenvalue weighted by atomic mass is 9.81. The lowest BCUT2D eigenvalue weighted by Gasteiger charge is -2.28. The molecule has 7 nitrogen and oxygen atoms in total. The van der Waals surface area contributed by atoms with Crippen molar-refractivity contribution in [3.8, 4) is 5.75 Å². The number of nitrogens with two attached hydrogens (primary N) is 2. The van der Waals surface area contributed by atoms with E-state index in [0.29, 0.717) is 23.2 Å². The van der Waals surface area contributed by atoms with Gasteiger partial charge in [0, 0.05) is 17.3 Å². The van der Waals surface area contributed by atoms with Gasteiger partial charge in [0.1, 0.15) is 11.6 Å². The molecule has 1 fully saturated rings.